The summed E-state index contributed by atoms with van der Waals surface area (Å²) in [6.07, 6.45) is -0.954. The molecule has 9 heterocycles. The second-order valence-electron chi connectivity index (χ2n) is 22.0. The van der Waals surface area contributed by atoms with E-state index in [1.54, 1.807) is 77.7 Å². The van der Waals surface area contributed by atoms with Crippen LogP contribution in [0.4, 0.5) is 0 Å². The first-order valence-corrected chi connectivity index (χ1v) is 34.4. The molecule has 6 amide bonds. The monoisotopic (exact) mass is 1400 g/mol. The average Bonchev–Trinajstić information content (AvgIpc) is 1.70. The molecule has 1 saturated carbocycles. The number of carboxylic acids is 1. The van der Waals surface area contributed by atoms with E-state index < -0.39 is 96.0 Å². The summed E-state index contributed by atoms with van der Waals surface area (Å²) in [5, 5.41) is 65.2. The van der Waals surface area contributed by atoms with Gasteiger partial charge in [-0.25, -0.2) is 34.9 Å². The molecule has 2 aliphatic heterocycles. The number of nitrogens with zero attached hydrogens (tertiary/aromatic N) is 8. The van der Waals surface area contributed by atoms with Gasteiger partial charge in [-0.15, -0.1) is 68.0 Å². The number of thiazole rings is 6. The van der Waals surface area contributed by atoms with Crippen LogP contribution in [-0.4, -0.2) is 126 Å². The number of aryl methyl sites for hydroxylation is 1. The van der Waals surface area contributed by atoms with Crippen molar-refractivity contribution in [3.8, 4) is 49.1 Å². The zero-order chi connectivity index (χ0) is 63.9. The molecule has 10 bridgehead atoms. The fourth-order valence-corrected chi connectivity index (χ4v) is 16.8. The van der Waals surface area contributed by atoms with Crippen molar-refractivity contribution in [2.45, 2.75) is 94.8 Å². The van der Waals surface area contributed by atoms with Gasteiger partial charge in [0.1, 0.15) is 93.8 Å². The molecule has 31 heteroatoms. The molecule has 91 heavy (non-hydrogen) atoms. The number of fused-ring (bicyclic) bond motifs is 16. The van der Waals surface area contributed by atoms with Gasteiger partial charge in [0.05, 0.1) is 40.7 Å². The Balaban J connectivity index is 0.934. The van der Waals surface area contributed by atoms with Gasteiger partial charge < -0.3 is 52.3 Å². The lowest BCUT2D eigenvalue weighted by Gasteiger charge is -2.29. The number of aromatic hydroxyl groups is 1. The molecule has 0 radical (unpaired) electrons. The van der Waals surface area contributed by atoms with Crippen LogP contribution in [0.25, 0.3) is 43.4 Å². The van der Waals surface area contributed by atoms with Crippen molar-refractivity contribution in [1.29, 1.82) is 0 Å². The minimum absolute atomic E-state index is 0.0338. The highest BCUT2D eigenvalue weighted by Gasteiger charge is 2.46. The maximum absolute atomic E-state index is 15.3. The van der Waals surface area contributed by atoms with Crippen LogP contribution in [0.3, 0.4) is 0 Å². The lowest BCUT2D eigenvalue weighted by Crippen LogP contribution is -2.50. The number of aliphatic carboxylic acids is 1. The number of primary amides is 1. The number of aromatic nitrogens is 7. The number of aliphatic hydroxyl groups is 2. The molecule has 2 fully saturated rings. The number of hydrogen-bond acceptors (Lipinski definition) is 23. The number of aliphatic hydroxyl groups excluding tert-OH is 2. The Kier molecular flexibility index (Phi) is 18.4. The van der Waals surface area contributed by atoms with Crippen molar-refractivity contribution < 1.29 is 54.0 Å². The average molecular weight is 1410 g/mol. The Morgan fingerprint density at radius 1 is 0.714 bits per heavy atom. The topological polar surface area (TPSA) is 368 Å². The molecular formula is C60H54BrN13O11S6. The molecule has 1 aliphatic carbocycles. The van der Waals surface area contributed by atoms with Gasteiger partial charge in [0.2, 0.25) is 11.8 Å². The van der Waals surface area contributed by atoms with Crippen LogP contribution >= 0.6 is 84.0 Å². The van der Waals surface area contributed by atoms with Crippen LogP contribution < -0.4 is 27.0 Å². The van der Waals surface area contributed by atoms with Gasteiger partial charge in [0.25, 0.3) is 23.6 Å². The summed E-state index contributed by atoms with van der Waals surface area (Å²) in [7, 11) is 0. The number of phenols is 1. The molecule has 9 aromatic rings. The Labute approximate surface area is 550 Å². The molecule has 0 spiro atoms. The zero-order valence-corrected chi connectivity index (χ0v) is 54.4. The van der Waals surface area contributed by atoms with Crippen LogP contribution in [0.2, 0.25) is 0 Å². The van der Waals surface area contributed by atoms with E-state index in [2.05, 4.69) is 52.1 Å². The van der Waals surface area contributed by atoms with Crippen molar-refractivity contribution in [2.24, 2.45) is 17.6 Å². The predicted molar refractivity (Wildman–Crippen MR) is 344 cm³/mol. The second kappa shape index (κ2) is 26.6. The normalized spacial score (nSPS) is 21.7. The minimum Gasteiger partial charge on any atom is -0.507 e. The number of carbonyl (C=O) groups is 7. The molecule has 0 unspecified atom stereocenters. The van der Waals surface area contributed by atoms with E-state index >= 15 is 4.79 Å². The summed E-state index contributed by atoms with van der Waals surface area (Å²) in [4.78, 5) is 132. The van der Waals surface area contributed by atoms with Gasteiger partial charge in [-0.05, 0) is 83.9 Å². The quantitative estimate of drug-likeness (QED) is 0.0620. The number of benzene rings is 2. The van der Waals surface area contributed by atoms with Crippen LogP contribution in [0.15, 0.2) is 92.0 Å². The van der Waals surface area contributed by atoms with Gasteiger partial charge in [-0.1, -0.05) is 43.3 Å². The van der Waals surface area contributed by atoms with Crippen molar-refractivity contribution in [3.05, 3.63) is 146 Å². The second-order valence-corrected chi connectivity index (χ2v) is 28.5. The first-order chi connectivity index (χ1) is 43.7. The van der Waals surface area contributed by atoms with Crippen LogP contribution in [0, 0.1) is 18.8 Å². The summed E-state index contributed by atoms with van der Waals surface area (Å²) in [5.74, 6) is -5.83. The first kappa shape index (κ1) is 63.0. The Morgan fingerprint density at radius 3 is 2.12 bits per heavy atom. The number of pyridine rings is 1. The molecule has 2 aromatic carbocycles. The van der Waals surface area contributed by atoms with E-state index in [0.29, 0.717) is 94.5 Å². The maximum atomic E-state index is 15.3. The van der Waals surface area contributed by atoms with E-state index in [9.17, 15) is 49.2 Å². The summed E-state index contributed by atoms with van der Waals surface area (Å²) in [6.45, 7) is 3.33. The molecule has 12 rings (SSSR count). The van der Waals surface area contributed by atoms with E-state index in [0.717, 1.165) is 34.0 Å². The lowest BCUT2D eigenvalue weighted by molar-refractivity contribution is -0.143. The summed E-state index contributed by atoms with van der Waals surface area (Å²) < 4.78 is 0.350. The molecule has 7 atom stereocenters. The summed E-state index contributed by atoms with van der Waals surface area (Å²) in [6, 6.07) is 12.0. The highest BCUT2D eigenvalue weighted by Crippen LogP contribution is 2.43. The van der Waals surface area contributed by atoms with Crippen molar-refractivity contribution >= 4 is 125 Å². The van der Waals surface area contributed by atoms with Crippen molar-refractivity contribution in [3.63, 3.8) is 0 Å². The molecular weight excluding hydrogens is 1350 g/mol. The lowest BCUT2D eigenvalue weighted by atomic mass is 9.86. The summed E-state index contributed by atoms with van der Waals surface area (Å²) in [5.41, 5.74) is 8.65. The third kappa shape index (κ3) is 13.5. The number of nitrogens with one attached hydrogen (secondary N) is 4. The molecule has 7 aromatic heterocycles. The minimum atomic E-state index is -1.42. The van der Waals surface area contributed by atoms with Gasteiger partial charge >= 0.3 is 5.97 Å². The molecule has 10 N–H and O–H groups in total. The first-order valence-electron chi connectivity index (χ1n) is 28.4. The third-order valence-electron chi connectivity index (χ3n) is 15.9. The van der Waals surface area contributed by atoms with Crippen molar-refractivity contribution in [2.75, 3.05) is 6.54 Å². The number of halogens is 1. The van der Waals surface area contributed by atoms with Crippen molar-refractivity contribution in [1.82, 2.24) is 61.1 Å². The Bertz CT molecular complexity index is 4290. The zero-order valence-electron chi connectivity index (χ0n) is 47.9. The van der Waals surface area contributed by atoms with Gasteiger partial charge in [0, 0.05) is 62.3 Å². The Morgan fingerprint density at radius 2 is 1.37 bits per heavy atom. The van der Waals surface area contributed by atoms with E-state index in [1.165, 1.54) is 55.7 Å². The third-order valence-corrected chi connectivity index (χ3v) is 22.1. The number of hydrogen-bond donors (Lipinski definition) is 9. The maximum Gasteiger partial charge on any atom is 0.306 e. The highest BCUT2D eigenvalue weighted by atomic mass is 79.9. The number of phenolic OH excluding ortho intramolecular Hbond substituents is 1. The predicted octanol–water partition coefficient (Wildman–Crippen LogP) is 8.42. The molecule has 468 valence electrons. The number of nitrogens with two attached hydrogens (primary N) is 1. The number of rotatable bonds is 10. The SMILES string of the molecule is Cc1sc2nc1C(=O)N[C@@H]([C@H](O)c1ccccc1)c1nc(cs1)C(=O)N[C@@H](Cc1ccc(O)c(Br)c1)C(=O)N1C[C@H](O)[C@H](C)[C@H]1c1nc(cs1)-c1nc(cs1)-c1nc(-c3nc(C(=O)N[C@H]4CC[C@H](C(=O)O)CC4)cs3)ccc1-c1nc(cs1)C(=O)N[C@H]2CC(N)=O. The smallest absolute Gasteiger partial charge is 0.306 e. The van der Waals surface area contributed by atoms with E-state index in [1.807, 2.05) is 6.92 Å². The summed E-state index contributed by atoms with van der Waals surface area (Å²) >= 11 is 10.2. The standard InChI is InChI=1S/C60H54BrN13O11S6/c1-25-42(76)19-74-47(25)58-71-40(24-90-58)55-67-36(20-87-55)45-31(13-14-33(64-45)54-69-37(22-88-54)49(79)63-30-11-9-29(10-12-30)60(84)85)53-68-38(21-86-53)50(80)65-34(18-43(62)77)56-73-44(26(2)91-56)52(82)72-46(48(78)28-6-4-3-5-7-28)57-70-39(23-89-57)51(81)66-35(59(74)83)17-27-8-15-41(75)32(61)16-27/h3-8,13-16,20-25,29-30,34-35,42,46-48,75-76,78H,9-12,17-19H2,1-2H3,(H2,62,77)(H,63,79)(H,65,80)(H,66,81)(H,72,82)(H,84,85)/t25-,29-,30-,34-,35-,42-,46-,47-,48+/m0/s1. The van der Waals surface area contributed by atoms with Gasteiger partial charge in [-0.2, -0.15) is 0 Å². The number of amides is 6. The van der Waals surface area contributed by atoms with E-state index in [4.69, 9.17) is 25.7 Å². The van der Waals surface area contributed by atoms with Crippen LogP contribution in [0.1, 0.15) is 136 Å². The molecule has 3 aliphatic rings. The Hall–Kier alpha value is -8.14. The number of carbonyl (C=O) groups excluding carboxylic acids is 6. The highest BCUT2D eigenvalue weighted by molar-refractivity contribution is 9.10. The van der Waals surface area contributed by atoms with Crippen LogP contribution in [0.5, 0.6) is 5.75 Å². The van der Waals surface area contributed by atoms with Crippen LogP contribution in [-0.2, 0) is 20.8 Å². The molecule has 1 saturated heterocycles. The van der Waals surface area contributed by atoms with Gasteiger partial charge in [0.15, 0.2) is 0 Å². The molecule has 24 nitrogen and oxygen atoms in total. The van der Waals surface area contributed by atoms with Gasteiger partial charge in [-0.3, -0.25) is 33.6 Å². The van der Waals surface area contributed by atoms with E-state index in [-0.39, 0.29) is 57.5 Å². The number of carboxylic acid groups (broad SMARTS) is 1. The largest absolute Gasteiger partial charge is 0.507 e. The fourth-order valence-electron chi connectivity index (χ4n) is 11.1. The fraction of sp³-hybridized carbons (Fsp3) is 0.300.